The lowest BCUT2D eigenvalue weighted by molar-refractivity contribution is 0.660. The fourth-order valence-electron chi connectivity index (χ4n) is 8.65. The van der Waals surface area contributed by atoms with E-state index in [-0.39, 0.29) is 5.41 Å². The average molecular weight is 613 g/mol. The van der Waals surface area contributed by atoms with Crippen molar-refractivity contribution >= 4 is 54.1 Å². The van der Waals surface area contributed by atoms with Crippen LogP contribution in [0.15, 0.2) is 133 Å². The van der Waals surface area contributed by atoms with Gasteiger partial charge in [-0.15, -0.1) is 0 Å². The molecule has 0 aliphatic heterocycles. The van der Waals surface area contributed by atoms with E-state index in [4.69, 9.17) is 15.0 Å². The summed E-state index contributed by atoms with van der Waals surface area (Å²) in [5.41, 5.74) is 9.15. The summed E-state index contributed by atoms with van der Waals surface area (Å²) in [6, 6.07) is 47.9. The zero-order valence-electron chi connectivity index (χ0n) is 26.5. The molecule has 0 fully saturated rings. The number of benzene rings is 8. The van der Waals surface area contributed by atoms with Crippen LogP contribution in [0.4, 0.5) is 0 Å². The lowest BCUT2D eigenvalue weighted by Gasteiger charge is -2.21. The standard InChI is InChI=1S/C44H28N4/c1-44(2)32-18-7-6-14-30(32)38-31(17-9-19-33(38)44)42-45-41(27-11-4-3-5-12-27)46-43(47-42)48-34-20-10-16-29-28-15-8-13-25-21-22-26-23-24-35(48)40(39(29)34)37(26)36(25)28/h3-24H,1-2H3. The van der Waals surface area contributed by atoms with Gasteiger partial charge in [0.25, 0.3) is 0 Å². The van der Waals surface area contributed by atoms with Gasteiger partial charge in [0.1, 0.15) is 0 Å². The largest absolute Gasteiger partial charge is 0.278 e. The summed E-state index contributed by atoms with van der Waals surface area (Å²) < 4.78 is 2.26. The molecule has 0 atom stereocenters. The Balaban J connectivity index is 1.27. The SMILES string of the molecule is CC1(C)c2ccccc2-c2c(-c3nc(-c4ccccc4)nc(-n4c5cccc6c7cccc8ccc9ccc4c(c9c87)c65)n3)cccc21. The number of hydrogen-bond acceptors (Lipinski definition) is 3. The van der Waals surface area contributed by atoms with Gasteiger partial charge in [0.2, 0.25) is 5.95 Å². The molecule has 1 aliphatic carbocycles. The molecule has 0 saturated heterocycles. The van der Waals surface area contributed by atoms with Crippen molar-refractivity contribution in [2.45, 2.75) is 19.3 Å². The second-order valence-corrected chi connectivity index (χ2v) is 13.6. The van der Waals surface area contributed by atoms with Gasteiger partial charge in [-0.1, -0.05) is 135 Å². The molecule has 0 unspecified atom stereocenters. The van der Waals surface area contributed by atoms with Gasteiger partial charge in [0.05, 0.1) is 11.0 Å². The smallest absolute Gasteiger partial charge is 0.238 e. The van der Waals surface area contributed by atoms with Crippen LogP contribution in [-0.4, -0.2) is 19.5 Å². The van der Waals surface area contributed by atoms with Gasteiger partial charge in [-0.05, 0) is 61.3 Å². The first-order valence-corrected chi connectivity index (χ1v) is 16.6. The van der Waals surface area contributed by atoms with Crippen LogP contribution in [0.25, 0.3) is 94.0 Å². The average Bonchev–Trinajstić information content (AvgIpc) is 3.60. The number of fused-ring (bicyclic) bond motifs is 4. The van der Waals surface area contributed by atoms with E-state index in [1.165, 1.54) is 65.3 Å². The Hall–Kier alpha value is -6.13. The molecule has 1 aliphatic rings. The highest BCUT2D eigenvalue weighted by Gasteiger charge is 2.37. The highest BCUT2D eigenvalue weighted by Crippen LogP contribution is 2.52. The van der Waals surface area contributed by atoms with Gasteiger partial charge < -0.3 is 0 Å². The quantitative estimate of drug-likeness (QED) is 0.147. The van der Waals surface area contributed by atoms with E-state index in [0.717, 1.165) is 22.2 Å². The zero-order valence-corrected chi connectivity index (χ0v) is 26.5. The van der Waals surface area contributed by atoms with Crippen molar-refractivity contribution < 1.29 is 0 Å². The van der Waals surface area contributed by atoms with E-state index in [2.05, 4.69) is 134 Å². The molecule has 2 heterocycles. The van der Waals surface area contributed by atoms with Crippen molar-refractivity contribution in [3.05, 3.63) is 145 Å². The minimum Gasteiger partial charge on any atom is -0.278 e. The number of hydrogen-bond donors (Lipinski definition) is 0. The molecule has 0 bridgehead atoms. The molecule has 0 radical (unpaired) electrons. The number of aromatic nitrogens is 4. The van der Waals surface area contributed by atoms with E-state index in [0.29, 0.717) is 17.6 Å². The van der Waals surface area contributed by atoms with Crippen LogP contribution in [0.2, 0.25) is 0 Å². The molecular formula is C44H28N4. The molecule has 48 heavy (non-hydrogen) atoms. The van der Waals surface area contributed by atoms with E-state index < -0.39 is 0 Å². The third-order valence-electron chi connectivity index (χ3n) is 10.8. The molecule has 0 spiro atoms. The molecular weight excluding hydrogens is 585 g/mol. The van der Waals surface area contributed by atoms with E-state index in [1.807, 2.05) is 18.2 Å². The van der Waals surface area contributed by atoms with Crippen LogP contribution < -0.4 is 0 Å². The van der Waals surface area contributed by atoms with E-state index >= 15 is 0 Å². The number of rotatable bonds is 3. The molecule has 11 rings (SSSR count). The minimum atomic E-state index is -0.125. The van der Waals surface area contributed by atoms with Gasteiger partial charge in [-0.25, -0.2) is 4.98 Å². The minimum absolute atomic E-state index is 0.125. The first-order valence-electron chi connectivity index (χ1n) is 16.6. The summed E-state index contributed by atoms with van der Waals surface area (Å²) in [5.74, 6) is 1.96. The van der Waals surface area contributed by atoms with Crippen molar-refractivity contribution in [1.82, 2.24) is 19.5 Å². The van der Waals surface area contributed by atoms with Gasteiger partial charge in [-0.3, -0.25) is 4.57 Å². The fraction of sp³-hybridized carbons (Fsp3) is 0.0682. The molecule has 0 saturated carbocycles. The lowest BCUT2D eigenvalue weighted by atomic mass is 9.82. The molecule has 8 aromatic carbocycles. The molecule has 2 aromatic heterocycles. The lowest BCUT2D eigenvalue weighted by Crippen LogP contribution is -2.14. The first-order chi connectivity index (χ1) is 23.6. The van der Waals surface area contributed by atoms with Crippen LogP contribution in [-0.2, 0) is 5.41 Å². The summed E-state index contributed by atoms with van der Waals surface area (Å²) in [7, 11) is 0. The maximum Gasteiger partial charge on any atom is 0.238 e. The van der Waals surface area contributed by atoms with Crippen molar-refractivity contribution in [3.63, 3.8) is 0 Å². The Labute approximate surface area is 276 Å². The molecule has 0 amide bonds. The number of nitrogens with zero attached hydrogens (tertiary/aromatic N) is 4. The van der Waals surface area contributed by atoms with Crippen LogP contribution in [0.3, 0.4) is 0 Å². The summed E-state index contributed by atoms with van der Waals surface area (Å²) in [6.07, 6.45) is 0. The van der Waals surface area contributed by atoms with Crippen LogP contribution in [0.1, 0.15) is 25.0 Å². The van der Waals surface area contributed by atoms with Crippen molar-refractivity contribution in [2.75, 3.05) is 0 Å². The molecule has 4 heteroatoms. The zero-order chi connectivity index (χ0) is 31.7. The summed E-state index contributed by atoms with van der Waals surface area (Å²) in [5, 5.41) is 10.2. The van der Waals surface area contributed by atoms with Crippen molar-refractivity contribution in [2.24, 2.45) is 0 Å². The highest BCUT2D eigenvalue weighted by molar-refractivity contribution is 6.40. The Bertz CT molecular complexity index is 2920. The predicted octanol–water partition coefficient (Wildman–Crippen LogP) is 10.9. The summed E-state index contributed by atoms with van der Waals surface area (Å²) in [4.78, 5) is 15.8. The van der Waals surface area contributed by atoms with Crippen LogP contribution >= 0.6 is 0 Å². The van der Waals surface area contributed by atoms with Crippen molar-refractivity contribution in [3.8, 4) is 39.9 Å². The summed E-state index contributed by atoms with van der Waals surface area (Å²) in [6.45, 7) is 4.62. The molecule has 10 aromatic rings. The monoisotopic (exact) mass is 612 g/mol. The molecule has 4 nitrogen and oxygen atoms in total. The fourth-order valence-corrected chi connectivity index (χ4v) is 8.65. The Morgan fingerprint density at radius 1 is 0.458 bits per heavy atom. The highest BCUT2D eigenvalue weighted by atomic mass is 15.2. The van der Waals surface area contributed by atoms with Gasteiger partial charge in [0.15, 0.2) is 11.6 Å². The van der Waals surface area contributed by atoms with E-state index in [9.17, 15) is 0 Å². The van der Waals surface area contributed by atoms with Gasteiger partial charge >= 0.3 is 0 Å². The third-order valence-corrected chi connectivity index (χ3v) is 10.8. The predicted molar refractivity (Wildman–Crippen MR) is 197 cm³/mol. The second-order valence-electron chi connectivity index (χ2n) is 13.6. The first kappa shape index (κ1) is 26.0. The second kappa shape index (κ2) is 9.02. The summed E-state index contributed by atoms with van der Waals surface area (Å²) >= 11 is 0. The molecule has 0 N–H and O–H groups in total. The Kier molecular flexibility index (Phi) is 4.88. The normalized spacial score (nSPS) is 13.8. The maximum atomic E-state index is 5.38. The van der Waals surface area contributed by atoms with Crippen molar-refractivity contribution in [1.29, 1.82) is 0 Å². The van der Waals surface area contributed by atoms with Crippen LogP contribution in [0, 0.1) is 0 Å². The van der Waals surface area contributed by atoms with Gasteiger partial charge in [0, 0.05) is 32.7 Å². The van der Waals surface area contributed by atoms with Gasteiger partial charge in [-0.2, -0.15) is 9.97 Å². The third kappa shape index (κ3) is 3.22. The Morgan fingerprint density at radius 3 is 1.98 bits per heavy atom. The molecule has 224 valence electrons. The topological polar surface area (TPSA) is 43.6 Å². The maximum absolute atomic E-state index is 5.38. The van der Waals surface area contributed by atoms with E-state index in [1.54, 1.807) is 0 Å². The van der Waals surface area contributed by atoms with Crippen LogP contribution in [0.5, 0.6) is 0 Å². The Morgan fingerprint density at radius 2 is 1.10 bits per heavy atom.